The molecule has 0 radical (unpaired) electrons. The van der Waals surface area contributed by atoms with Crippen LogP contribution in [-0.4, -0.2) is 53.8 Å². The zero-order chi connectivity index (χ0) is 10.1. The molecule has 2 fully saturated rings. The number of carbonyl (C=O) groups is 1. The summed E-state index contributed by atoms with van der Waals surface area (Å²) in [5, 5.41) is 0. The summed E-state index contributed by atoms with van der Waals surface area (Å²) in [5.41, 5.74) is 0. The van der Waals surface area contributed by atoms with Gasteiger partial charge in [-0.05, 0) is 32.9 Å². The Labute approximate surface area is 86.1 Å². The smallest absolute Gasteiger partial charge is 0.148 e. The van der Waals surface area contributed by atoms with Crippen LogP contribution in [-0.2, 0) is 4.79 Å². The molecule has 2 aliphatic heterocycles. The molecule has 0 spiro atoms. The van der Waals surface area contributed by atoms with Gasteiger partial charge in [0, 0.05) is 19.1 Å². The summed E-state index contributed by atoms with van der Waals surface area (Å²) in [5.74, 6) is 0.337. The van der Waals surface area contributed by atoms with E-state index in [0.29, 0.717) is 11.8 Å². The highest BCUT2D eigenvalue weighted by Gasteiger charge is 2.37. The first-order valence-electron chi connectivity index (χ1n) is 5.71. The fourth-order valence-corrected chi connectivity index (χ4v) is 2.91. The first-order valence-corrected chi connectivity index (χ1v) is 5.71. The summed E-state index contributed by atoms with van der Waals surface area (Å²) in [6.45, 7) is 8.24. The van der Waals surface area contributed by atoms with E-state index in [1.165, 1.54) is 25.9 Å². The quantitative estimate of drug-likeness (QED) is 0.651. The monoisotopic (exact) mass is 196 g/mol. The van der Waals surface area contributed by atoms with Gasteiger partial charge in [-0.1, -0.05) is 6.92 Å². The van der Waals surface area contributed by atoms with Crippen molar-refractivity contribution < 1.29 is 4.79 Å². The summed E-state index contributed by atoms with van der Waals surface area (Å²) >= 11 is 0. The number of ketones is 1. The maximum Gasteiger partial charge on any atom is 0.148 e. The molecule has 3 unspecified atom stereocenters. The summed E-state index contributed by atoms with van der Waals surface area (Å²) in [7, 11) is 0. The van der Waals surface area contributed by atoms with Crippen LogP contribution in [0, 0.1) is 0 Å². The van der Waals surface area contributed by atoms with Crippen LogP contribution in [0.1, 0.15) is 26.7 Å². The van der Waals surface area contributed by atoms with Crippen molar-refractivity contribution in [3.63, 3.8) is 0 Å². The van der Waals surface area contributed by atoms with Gasteiger partial charge >= 0.3 is 0 Å². The van der Waals surface area contributed by atoms with Crippen molar-refractivity contribution >= 4 is 5.78 Å². The molecule has 0 amide bonds. The van der Waals surface area contributed by atoms with Gasteiger partial charge in [0.05, 0.1) is 6.04 Å². The van der Waals surface area contributed by atoms with Crippen molar-refractivity contribution in [2.45, 2.75) is 38.8 Å². The van der Waals surface area contributed by atoms with Gasteiger partial charge in [0.15, 0.2) is 0 Å². The van der Waals surface area contributed by atoms with E-state index in [1.807, 2.05) is 0 Å². The minimum absolute atomic E-state index is 0.166. The molecule has 2 bridgehead atoms. The molecule has 0 N–H and O–H groups in total. The highest BCUT2D eigenvalue weighted by atomic mass is 16.1. The number of nitrogens with zero attached hydrogens (tertiary/aromatic N) is 2. The average molecular weight is 196 g/mol. The number of hydrogen-bond donors (Lipinski definition) is 0. The van der Waals surface area contributed by atoms with Gasteiger partial charge in [-0.15, -0.1) is 0 Å². The Morgan fingerprint density at radius 3 is 2.86 bits per heavy atom. The molecule has 2 rings (SSSR count). The Morgan fingerprint density at radius 2 is 2.21 bits per heavy atom. The average Bonchev–Trinajstić information content (AvgIpc) is 2.17. The van der Waals surface area contributed by atoms with E-state index in [1.54, 1.807) is 6.92 Å². The van der Waals surface area contributed by atoms with Gasteiger partial charge in [0.2, 0.25) is 0 Å². The largest absolute Gasteiger partial charge is 0.300 e. The van der Waals surface area contributed by atoms with Crippen molar-refractivity contribution in [1.29, 1.82) is 0 Å². The van der Waals surface area contributed by atoms with Crippen molar-refractivity contribution in [3.8, 4) is 0 Å². The lowest BCUT2D eigenvalue weighted by Gasteiger charge is -2.48. The maximum atomic E-state index is 11.5. The van der Waals surface area contributed by atoms with Gasteiger partial charge in [-0.2, -0.15) is 0 Å². The van der Waals surface area contributed by atoms with Crippen LogP contribution in [0.15, 0.2) is 0 Å². The number of hydrogen-bond acceptors (Lipinski definition) is 3. The highest BCUT2D eigenvalue weighted by Crippen LogP contribution is 2.24. The van der Waals surface area contributed by atoms with Gasteiger partial charge in [0.25, 0.3) is 0 Å². The third kappa shape index (κ3) is 1.71. The fraction of sp³-hybridized carbons (Fsp3) is 0.909. The molecule has 3 nitrogen and oxygen atoms in total. The lowest BCUT2D eigenvalue weighted by atomic mass is 9.95. The molecule has 3 heteroatoms. The predicted octanol–water partition coefficient (Wildman–Crippen LogP) is 0.744. The van der Waals surface area contributed by atoms with E-state index in [0.717, 1.165) is 13.1 Å². The van der Waals surface area contributed by atoms with Gasteiger partial charge in [-0.25, -0.2) is 0 Å². The molecule has 0 aliphatic carbocycles. The molecular weight excluding hydrogens is 176 g/mol. The standard InChI is InChI=1S/C11H20N2O/c1-3-13-10-5-4-6-12(7-10)8-11(13)9(2)14/h10-11H,3-8H2,1-2H3. The number of fused-ring (bicyclic) bond motifs is 2. The van der Waals surface area contributed by atoms with Crippen molar-refractivity contribution in [2.75, 3.05) is 26.2 Å². The van der Waals surface area contributed by atoms with Crippen LogP contribution in [0.25, 0.3) is 0 Å². The lowest BCUT2D eigenvalue weighted by Crippen LogP contribution is -2.62. The van der Waals surface area contributed by atoms with E-state index in [-0.39, 0.29) is 6.04 Å². The first kappa shape index (κ1) is 10.1. The van der Waals surface area contributed by atoms with Crippen LogP contribution in [0.3, 0.4) is 0 Å². The third-order valence-corrected chi connectivity index (χ3v) is 3.62. The predicted molar refractivity (Wildman–Crippen MR) is 56.3 cm³/mol. The molecule has 3 atom stereocenters. The second-order valence-electron chi connectivity index (χ2n) is 4.51. The maximum absolute atomic E-state index is 11.5. The van der Waals surface area contributed by atoms with Crippen molar-refractivity contribution in [2.24, 2.45) is 0 Å². The Kier molecular flexibility index (Phi) is 2.88. The molecule has 80 valence electrons. The summed E-state index contributed by atoms with van der Waals surface area (Å²) < 4.78 is 0. The number of carbonyl (C=O) groups excluding carboxylic acids is 1. The van der Waals surface area contributed by atoms with Crippen LogP contribution in [0.4, 0.5) is 0 Å². The molecule has 14 heavy (non-hydrogen) atoms. The molecular formula is C11H20N2O. The van der Waals surface area contributed by atoms with Gasteiger partial charge < -0.3 is 0 Å². The Morgan fingerprint density at radius 1 is 1.43 bits per heavy atom. The molecule has 0 aromatic rings. The Balaban J connectivity index is 2.13. The molecule has 2 aliphatic rings. The number of likely N-dealkylation sites (N-methyl/N-ethyl adjacent to an activating group) is 1. The topological polar surface area (TPSA) is 23.6 Å². The number of Topliss-reactive ketones (excluding diaryl/α,β-unsaturated/α-hetero) is 1. The van der Waals surface area contributed by atoms with Crippen LogP contribution >= 0.6 is 0 Å². The van der Waals surface area contributed by atoms with E-state index in [9.17, 15) is 4.79 Å². The SMILES string of the molecule is CCN1C2CCCN(C2)CC1C(C)=O. The zero-order valence-electron chi connectivity index (χ0n) is 9.20. The molecule has 2 saturated heterocycles. The summed E-state index contributed by atoms with van der Waals surface area (Å²) in [6.07, 6.45) is 2.57. The minimum atomic E-state index is 0.166. The van der Waals surface area contributed by atoms with Gasteiger partial charge in [-0.3, -0.25) is 14.6 Å². The molecule has 0 saturated carbocycles. The zero-order valence-corrected chi connectivity index (χ0v) is 9.20. The fourth-order valence-electron chi connectivity index (χ4n) is 2.91. The summed E-state index contributed by atoms with van der Waals surface area (Å²) in [6, 6.07) is 0.801. The summed E-state index contributed by atoms with van der Waals surface area (Å²) in [4.78, 5) is 16.4. The van der Waals surface area contributed by atoms with Crippen LogP contribution < -0.4 is 0 Å². The second-order valence-corrected chi connectivity index (χ2v) is 4.51. The van der Waals surface area contributed by atoms with Crippen LogP contribution in [0.5, 0.6) is 0 Å². The van der Waals surface area contributed by atoms with Crippen LogP contribution in [0.2, 0.25) is 0 Å². The molecule has 0 aromatic heterocycles. The Hall–Kier alpha value is -0.410. The second kappa shape index (κ2) is 3.99. The molecule has 2 heterocycles. The van der Waals surface area contributed by atoms with Crippen molar-refractivity contribution in [1.82, 2.24) is 9.80 Å². The van der Waals surface area contributed by atoms with E-state index < -0.39 is 0 Å². The van der Waals surface area contributed by atoms with E-state index >= 15 is 0 Å². The number of piperazine rings is 1. The highest BCUT2D eigenvalue weighted by molar-refractivity contribution is 5.81. The normalized spacial score (nSPS) is 38.3. The molecule has 0 aromatic carbocycles. The lowest BCUT2D eigenvalue weighted by molar-refractivity contribution is -0.127. The number of piperidine rings is 1. The Bertz CT molecular complexity index is 229. The first-order chi connectivity index (χ1) is 6.72. The van der Waals surface area contributed by atoms with Gasteiger partial charge in [0.1, 0.15) is 5.78 Å². The van der Waals surface area contributed by atoms with E-state index in [2.05, 4.69) is 16.7 Å². The van der Waals surface area contributed by atoms with Crippen molar-refractivity contribution in [3.05, 3.63) is 0 Å². The minimum Gasteiger partial charge on any atom is -0.300 e. The third-order valence-electron chi connectivity index (χ3n) is 3.62. The number of rotatable bonds is 2. The van der Waals surface area contributed by atoms with E-state index in [4.69, 9.17) is 0 Å².